The fourth-order valence-electron chi connectivity index (χ4n) is 1.91. The van der Waals surface area contributed by atoms with Gasteiger partial charge in [-0.3, -0.25) is 0 Å². The van der Waals surface area contributed by atoms with E-state index >= 15 is 0 Å². The zero-order valence-electron chi connectivity index (χ0n) is 14.0. The van der Waals surface area contributed by atoms with Gasteiger partial charge in [-0.2, -0.15) is 0 Å². The van der Waals surface area contributed by atoms with Crippen LogP contribution in [-0.4, -0.2) is 21.1 Å². The van der Waals surface area contributed by atoms with Crippen LogP contribution in [0.1, 0.15) is 90.9 Å². The Morgan fingerprint density at radius 3 is 0.778 bits per heavy atom. The SMILES string of the molecule is CCCCCCCCCCCCCC.C[NH+](C)C. The number of rotatable bonds is 11. The van der Waals surface area contributed by atoms with E-state index in [4.69, 9.17) is 0 Å². The average molecular weight is 259 g/mol. The van der Waals surface area contributed by atoms with E-state index in [1.165, 1.54) is 81.9 Å². The molecule has 0 aliphatic carbocycles. The quantitative estimate of drug-likeness (QED) is 0.522. The third-order valence-electron chi connectivity index (χ3n) is 2.96. The molecule has 0 spiro atoms. The van der Waals surface area contributed by atoms with Gasteiger partial charge in [-0.1, -0.05) is 90.9 Å². The predicted molar refractivity (Wildman–Crippen MR) is 85.5 cm³/mol. The summed E-state index contributed by atoms with van der Waals surface area (Å²) in [6.45, 7) is 4.57. The van der Waals surface area contributed by atoms with Gasteiger partial charge in [-0.05, 0) is 0 Å². The van der Waals surface area contributed by atoms with Gasteiger partial charge in [-0.15, -0.1) is 0 Å². The Balaban J connectivity index is 0. The number of quaternary nitrogens is 1. The summed E-state index contributed by atoms with van der Waals surface area (Å²) in [6, 6.07) is 0. The molecule has 1 nitrogen and oxygen atoms in total. The van der Waals surface area contributed by atoms with Crippen molar-refractivity contribution in [1.82, 2.24) is 0 Å². The lowest BCUT2D eigenvalue weighted by atomic mass is 10.1. The smallest absolute Gasteiger partial charge is 0.0661 e. The van der Waals surface area contributed by atoms with Crippen LogP contribution >= 0.6 is 0 Å². The Hall–Kier alpha value is -0.0400. The highest BCUT2D eigenvalue weighted by Crippen LogP contribution is 2.11. The van der Waals surface area contributed by atoms with Crippen LogP contribution in [0.4, 0.5) is 0 Å². The molecule has 0 aromatic rings. The Morgan fingerprint density at radius 1 is 0.444 bits per heavy atom. The van der Waals surface area contributed by atoms with E-state index in [2.05, 4.69) is 35.0 Å². The summed E-state index contributed by atoms with van der Waals surface area (Å²) in [5, 5.41) is 0. The zero-order chi connectivity index (χ0) is 14.1. The van der Waals surface area contributed by atoms with Crippen molar-refractivity contribution in [2.45, 2.75) is 90.9 Å². The molecule has 0 rings (SSSR count). The van der Waals surface area contributed by atoms with Crippen molar-refractivity contribution >= 4 is 0 Å². The highest BCUT2D eigenvalue weighted by Gasteiger charge is 1.91. The molecule has 0 saturated heterocycles. The zero-order valence-corrected chi connectivity index (χ0v) is 14.0. The molecule has 0 amide bonds. The van der Waals surface area contributed by atoms with Crippen molar-refractivity contribution < 1.29 is 4.90 Å². The van der Waals surface area contributed by atoms with Crippen LogP contribution in [0.5, 0.6) is 0 Å². The molecule has 0 atom stereocenters. The maximum atomic E-state index is 2.29. The molecule has 0 saturated carbocycles. The van der Waals surface area contributed by atoms with Crippen LogP contribution in [0, 0.1) is 0 Å². The highest BCUT2D eigenvalue weighted by atomic mass is 15.0. The largest absolute Gasteiger partial charge is 0.342 e. The van der Waals surface area contributed by atoms with E-state index in [0.29, 0.717) is 0 Å². The van der Waals surface area contributed by atoms with Gasteiger partial charge in [-0.25, -0.2) is 0 Å². The first kappa shape index (κ1) is 20.3. The normalized spacial score (nSPS) is 10.3. The number of nitrogens with one attached hydrogen (secondary N) is 1. The van der Waals surface area contributed by atoms with E-state index in [1.807, 2.05) is 0 Å². The molecule has 18 heavy (non-hydrogen) atoms. The molecule has 0 heterocycles. The Morgan fingerprint density at radius 2 is 0.611 bits per heavy atom. The maximum Gasteiger partial charge on any atom is 0.0661 e. The second-order valence-corrected chi connectivity index (χ2v) is 6.04. The third kappa shape index (κ3) is 29.7. The summed E-state index contributed by atoms with van der Waals surface area (Å²) in [5.41, 5.74) is 0. The molecule has 0 aliphatic rings. The third-order valence-corrected chi connectivity index (χ3v) is 2.96. The van der Waals surface area contributed by atoms with Gasteiger partial charge in [0.2, 0.25) is 0 Å². The van der Waals surface area contributed by atoms with Crippen molar-refractivity contribution in [2.24, 2.45) is 0 Å². The Kier molecular flexibility index (Phi) is 21.7. The lowest BCUT2D eigenvalue weighted by Gasteiger charge is -2.01. The van der Waals surface area contributed by atoms with E-state index in [9.17, 15) is 0 Å². The molecule has 1 heteroatoms. The monoisotopic (exact) mass is 258 g/mol. The highest BCUT2D eigenvalue weighted by molar-refractivity contribution is 4.47. The molecule has 0 unspecified atom stereocenters. The number of unbranched alkanes of at least 4 members (excludes halogenated alkanes) is 11. The summed E-state index contributed by atoms with van der Waals surface area (Å²) < 4.78 is 0. The number of hydrogen-bond donors (Lipinski definition) is 1. The second-order valence-electron chi connectivity index (χ2n) is 6.04. The summed E-state index contributed by atoms with van der Waals surface area (Å²) in [5.74, 6) is 0. The first-order valence-corrected chi connectivity index (χ1v) is 8.41. The summed E-state index contributed by atoms with van der Waals surface area (Å²) in [6.07, 6.45) is 17.4. The van der Waals surface area contributed by atoms with Gasteiger partial charge >= 0.3 is 0 Å². The van der Waals surface area contributed by atoms with Crippen molar-refractivity contribution in [2.75, 3.05) is 21.1 Å². The summed E-state index contributed by atoms with van der Waals surface area (Å²) in [4.78, 5) is 1.42. The summed E-state index contributed by atoms with van der Waals surface area (Å²) >= 11 is 0. The Bertz CT molecular complexity index is 106. The molecule has 0 fully saturated rings. The molecular formula is C17H40N+. The van der Waals surface area contributed by atoms with E-state index in [-0.39, 0.29) is 0 Å². The van der Waals surface area contributed by atoms with Gasteiger partial charge in [0.15, 0.2) is 0 Å². The van der Waals surface area contributed by atoms with E-state index in [1.54, 1.807) is 0 Å². The minimum absolute atomic E-state index is 1.37. The molecular weight excluding hydrogens is 218 g/mol. The molecule has 0 bridgehead atoms. The van der Waals surface area contributed by atoms with Crippen LogP contribution in [0.3, 0.4) is 0 Å². The van der Waals surface area contributed by atoms with Crippen molar-refractivity contribution in [1.29, 1.82) is 0 Å². The van der Waals surface area contributed by atoms with Crippen molar-refractivity contribution in [3.05, 3.63) is 0 Å². The van der Waals surface area contributed by atoms with Gasteiger partial charge in [0, 0.05) is 0 Å². The van der Waals surface area contributed by atoms with Crippen LogP contribution in [0.15, 0.2) is 0 Å². The van der Waals surface area contributed by atoms with Crippen molar-refractivity contribution in [3.8, 4) is 0 Å². The maximum absolute atomic E-state index is 2.29. The van der Waals surface area contributed by atoms with Crippen LogP contribution in [0.25, 0.3) is 0 Å². The molecule has 0 aliphatic heterocycles. The lowest BCUT2D eigenvalue weighted by Crippen LogP contribution is -3.02. The molecule has 0 aromatic carbocycles. The fourth-order valence-corrected chi connectivity index (χ4v) is 1.91. The first-order chi connectivity index (χ1) is 8.65. The predicted octanol–water partition coefficient (Wildman–Crippen LogP) is 4.47. The molecule has 112 valence electrons. The topological polar surface area (TPSA) is 4.44 Å². The fraction of sp³-hybridized carbons (Fsp3) is 1.00. The first-order valence-electron chi connectivity index (χ1n) is 8.41. The minimum atomic E-state index is 1.37. The lowest BCUT2D eigenvalue weighted by molar-refractivity contribution is -0.836. The molecule has 0 aromatic heterocycles. The van der Waals surface area contributed by atoms with Gasteiger partial charge in [0.05, 0.1) is 21.1 Å². The standard InChI is InChI=1S/C14H30.C3H9N/c1-3-5-7-9-11-13-14-12-10-8-6-4-2;1-4(2)3/h3-14H2,1-2H3;1-3H3/p+1. The molecule has 0 radical (unpaired) electrons. The van der Waals surface area contributed by atoms with E-state index < -0.39 is 0 Å². The van der Waals surface area contributed by atoms with Gasteiger partial charge in [0.25, 0.3) is 0 Å². The van der Waals surface area contributed by atoms with Crippen LogP contribution < -0.4 is 4.90 Å². The van der Waals surface area contributed by atoms with Gasteiger partial charge in [0.1, 0.15) is 0 Å². The van der Waals surface area contributed by atoms with Crippen LogP contribution in [-0.2, 0) is 0 Å². The number of hydrogen-bond acceptors (Lipinski definition) is 0. The summed E-state index contributed by atoms with van der Waals surface area (Å²) in [7, 11) is 6.25. The van der Waals surface area contributed by atoms with Gasteiger partial charge < -0.3 is 4.90 Å². The van der Waals surface area contributed by atoms with Crippen molar-refractivity contribution in [3.63, 3.8) is 0 Å². The average Bonchev–Trinajstić information content (AvgIpc) is 2.31. The van der Waals surface area contributed by atoms with Crippen LogP contribution in [0.2, 0.25) is 0 Å². The minimum Gasteiger partial charge on any atom is -0.342 e. The molecule has 1 N–H and O–H groups in total. The van der Waals surface area contributed by atoms with E-state index in [0.717, 1.165) is 0 Å². The Labute approximate surface area is 117 Å². The second kappa shape index (κ2) is 19.3.